The summed E-state index contributed by atoms with van der Waals surface area (Å²) in [6.45, 7) is 1.60. The van der Waals surface area contributed by atoms with Crippen molar-refractivity contribution in [3.05, 3.63) is 93.0 Å². The van der Waals surface area contributed by atoms with Crippen LogP contribution in [0.1, 0.15) is 16.7 Å². The molecule has 3 aromatic rings. The third-order valence-corrected chi connectivity index (χ3v) is 6.65. The number of methoxy groups -OCH3 is 1. The van der Waals surface area contributed by atoms with E-state index in [-0.39, 0.29) is 10.7 Å². The highest BCUT2D eigenvalue weighted by atomic mass is 35.5. The first-order chi connectivity index (χ1) is 16.8. The van der Waals surface area contributed by atoms with Crippen LogP contribution in [0.5, 0.6) is 5.75 Å². The van der Waals surface area contributed by atoms with E-state index in [0.717, 1.165) is 18.8 Å². The number of halogens is 2. The van der Waals surface area contributed by atoms with Crippen LogP contribution in [-0.2, 0) is 22.7 Å². The van der Waals surface area contributed by atoms with Gasteiger partial charge >= 0.3 is 0 Å². The highest BCUT2D eigenvalue weighted by Crippen LogP contribution is 2.34. The lowest BCUT2D eigenvalue weighted by molar-refractivity contribution is -0.122. The van der Waals surface area contributed by atoms with Crippen LogP contribution in [0.3, 0.4) is 0 Å². The van der Waals surface area contributed by atoms with E-state index >= 15 is 0 Å². The van der Waals surface area contributed by atoms with Crippen molar-refractivity contribution in [2.75, 3.05) is 16.9 Å². The van der Waals surface area contributed by atoms with Gasteiger partial charge in [0.25, 0.3) is 11.8 Å². The molecule has 2 aliphatic rings. The van der Waals surface area contributed by atoms with Crippen LogP contribution >= 0.6 is 35.4 Å². The average Bonchev–Trinajstić information content (AvgIpc) is 3.25. The number of hydrogen-bond acceptors (Lipinski definition) is 5. The van der Waals surface area contributed by atoms with Gasteiger partial charge in [-0.25, -0.2) is 0 Å². The molecule has 1 saturated heterocycles. The zero-order valence-corrected chi connectivity index (χ0v) is 20.9. The summed E-state index contributed by atoms with van der Waals surface area (Å²) < 4.78 is 5.61. The Morgan fingerprint density at radius 2 is 1.60 bits per heavy atom. The Morgan fingerprint density at radius 3 is 2.23 bits per heavy atom. The van der Waals surface area contributed by atoms with Crippen molar-refractivity contribution in [3.8, 4) is 5.75 Å². The largest absolute Gasteiger partial charge is 0.496 e. The first-order valence-corrected chi connectivity index (χ1v) is 11.9. The molecule has 2 heterocycles. The van der Waals surface area contributed by atoms with Crippen LogP contribution in [0.2, 0.25) is 10.0 Å². The van der Waals surface area contributed by atoms with Crippen molar-refractivity contribution < 1.29 is 14.3 Å². The molecule has 6 nitrogen and oxygen atoms in total. The zero-order valence-electron chi connectivity index (χ0n) is 18.5. The number of thiocarbonyl (C=S) groups is 1. The fourth-order valence-electron chi connectivity index (χ4n) is 4.25. The van der Waals surface area contributed by atoms with Gasteiger partial charge in [-0.2, -0.15) is 0 Å². The summed E-state index contributed by atoms with van der Waals surface area (Å²) in [4.78, 5) is 29.5. The van der Waals surface area contributed by atoms with E-state index in [0.29, 0.717) is 27.0 Å². The minimum absolute atomic E-state index is 0.0496. The number of nitrogens with one attached hydrogen (secondary N) is 1. The van der Waals surface area contributed by atoms with Crippen LogP contribution in [0.15, 0.2) is 66.2 Å². The summed E-state index contributed by atoms with van der Waals surface area (Å²) in [5.41, 5.74) is 4.42. The van der Waals surface area contributed by atoms with E-state index in [2.05, 4.69) is 22.3 Å². The maximum Gasteiger partial charge on any atom is 0.270 e. The van der Waals surface area contributed by atoms with Crippen molar-refractivity contribution >= 4 is 69.8 Å². The van der Waals surface area contributed by atoms with Crippen molar-refractivity contribution in [2.45, 2.75) is 13.1 Å². The fraction of sp³-hybridized carbons (Fsp3) is 0.115. The highest BCUT2D eigenvalue weighted by molar-refractivity contribution is 7.80. The fourth-order valence-corrected chi connectivity index (χ4v) is 5.04. The lowest BCUT2D eigenvalue weighted by Gasteiger charge is -2.29. The van der Waals surface area contributed by atoms with Gasteiger partial charge in [-0.05, 0) is 59.8 Å². The van der Waals surface area contributed by atoms with Gasteiger partial charge in [-0.3, -0.25) is 19.8 Å². The van der Waals surface area contributed by atoms with Gasteiger partial charge in [-0.15, -0.1) is 0 Å². The van der Waals surface area contributed by atoms with Crippen molar-refractivity contribution in [1.82, 2.24) is 5.32 Å². The number of carbonyl (C=O) groups is 2. The second kappa shape index (κ2) is 9.34. The van der Waals surface area contributed by atoms with E-state index in [4.69, 9.17) is 40.2 Å². The van der Waals surface area contributed by atoms with Crippen molar-refractivity contribution in [3.63, 3.8) is 0 Å². The number of rotatable bonds is 4. The Morgan fingerprint density at radius 1 is 0.943 bits per heavy atom. The zero-order chi connectivity index (χ0) is 24.7. The Balaban J connectivity index is 1.47. The number of amides is 2. The van der Waals surface area contributed by atoms with Crippen LogP contribution in [0.4, 0.5) is 11.4 Å². The summed E-state index contributed by atoms with van der Waals surface area (Å²) in [5, 5.41) is 3.20. The van der Waals surface area contributed by atoms with Gasteiger partial charge in [0.1, 0.15) is 11.3 Å². The van der Waals surface area contributed by atoms with Gasteiger partial charge < -0.3 is 9.64 Å². The van der Waals surface area contributed by atoms with Gasteiger partial charge in [0, 0.05) is 40.5 Å². The third-order valence-electron chi connectivity index (χ3n) is 5.93. The Hall–Kier alpha value is -3.39. The highest BCUT2D eigenvalue weighted by Gasteiger charge is 2.35. The molecule has 35 heavy (non-hydrogen) atoms. The molecule has 0 atom stereocenters. The van der Waals surface area contributed by atoms with Gasteiger partial charge in [-0.1, -0.05) is 47.5 Å². The molecule has 9 heteroatoms. The quantitative estimate of drug-likeness (QED) is 0.283. The second-order valence-corrected chi connectivity index (χ2v) is 9.40. The molecule has 1 fully saturated rings. The second-order valence-electron chi connectivity index (χ2n) is 8.14. The van der Waals surface area contributed by atoms with E-state index < -0.39 is 11.8 Å². The Bertz CT molecular complexity index is 1380. The molecule has 0 saturated carbocycles. The van der Waals surface area contributed by atoms with Crippen LogP contribution in [0.25, 0.3) is 6.08 Å². The molecule has 0 aromatic heterocycles. The predicted molar refractivity (Wildman–Crippen MR) is 142 cm³/mol. The summed E-state index contributed by atoms with van der Waals surface area (Å²) >= 11 is 17.5. The minimum Gasteiger partial charge on any atom is -0.496 e. The number of hydrogen-bond donors (Lipinski definition) is 1. The third kappa shape index (κ3) is 4.50. The van der Waals surface area contributed by atoms with Gasteiger partial charge in [0.05, 0.1) is 12.8 Å². The van der Waals surface area contributed by atoms with E-state index in [1.165, 1.54) is 22.1 Å². The van der Waals surface area contributed by atoms with E-state index in [9.17, 15) is 9.59 Å². The molecular weight excluding hydrogens is 505 g/mol. The molecule has 5 rings (SSSR count). The smallest absolute Gasteiger partial charge is 0.270 e. The number of benzene rings is 3. The maximum absolute atomic E-state index is 13.3. The molecule has 2 amide bonds. The molecule has 0 spiro atoms. The summed E-state index contributed by atoms with van der Waals surface area (Å²) in [6.07, 6.45) is 1.50. The molecule has 1 N–H and O–H groups in total. The molecule has 2 aliphatic heterocycles. The van der Waals surface area contributed by atoms with Gasteiger partial charge in [0.2, 0.25) is 0 Å². The Labute approximate surface area is 217 Å². The molecule has 3 aromatic carbocycles. The Kier molecular flexibility index (Phi) is 6.23. The maximum atomic E-state index is 13.3. The topological polar surface area (TPSA) is 61.9 Å². The van der Waals surface area contributed by atoms with Crippen LogP contribution < -0.4 is 19.9 Å². The number of carbonyl (C=O) groups excluding carboxylic acids is 2. The molecular formula is C26H19Cl2N3O3S. The standard InChI is InChI=1S/C26H19Cl2N3O3S/c1-34-23-12-20(30-13-16-4-2-3-5-17(16)14-30)7-6-15(23)8-22-24(32)29-26(35)31(25(22)33)21-10-18(27)9-19(28)11-21/h2-12H,13-14H2,1H3,(H,29,32,35)/b22-8+. The minimum atomic E-state index is -0.592. The normalized spacial score (nSPS) is 16.5. The monoisotopic (exact) mass is 523 g/mol. The molecule has 176 valence electrons. The van der Waals surface area contributed by atoms with Crippen molar-refractivity contribution in [2.24, 2.45) is 0 Å². The first kappa shape index (κ1) is 23.4. The lowest BCUT2D eigenvalue weighted by Crippen LogP contribution is -2.54. The average molecular weight is 524 g/mol. The first-order valence-electron chi connectivity index (χ1n) is 10.7. The van der Waals surface area contributed by atoms with E-state index in [1.54, 1.807) is 25.3 Å². The number of fused-ring (bicyclic) bond motifs is 1. The van der Waals surface area contributed by atoms with Crippen LogP contribution in [-0.4, -0.2) is 24.0 Å². The number of nitrogens with zero attached hydrogens (tertiary/aromatic N) is 2. The summed E-state index contributed by atoms with van der Waals surface area (Å²) in [7, 11) is 1.55. The van der Waals surface area contributed by atoms with E-state index in [1.807, 2.05) is 30.3 Å². The SMILES string of the molecule is COc1cc(N2Cc3ccccc3C2)ccc1/C=C1\C(=O)NC(=S)N(c2cc(Cl)cc(Cl)c2)C1=O. The number of ether oxygens (including phenoxy) is 1. The van der Waals surface area contributed by atoms with Gasteiger partial charge in [0.15, 0.2) is 5.11 Å². The molecule has 0 bridgehead atoms. The number of anilines is 2. The summed E-state index contributed by atoms with van der Waals surface area (Å²) in [5.74, 6) is -0.638. The summed E-state index contributed by atoms with van der Waals surface area (Å²) in [6, 6.07) is 18.7. The predicted octanol–water partition coefficient (Wildman–Crippen LogP) is 5.35. The molecule has 0 radical (unpaired) electrons. The van der Waals surface area contributed by atoms with Crippen LogP contribution in [0, 0.1) is 0 Å². The molecule has 0 unspecified atom stereocenters. The van der Waals surface area contributed by atoms with Crippen molar-refractivity contribution in [1.29, 1.82) is 0 Å². The molecule has 0 aliphatic carbocycles. The lowest BCUT2D eigenvalue weighted by atomic mass is 10.1.